The zero-order valence-electron chi connectivity index (χ0n) is 36.9. The molecule has 0 spiro atoms. The first-order valence-corrected chi connectivity index (χ1v) is 21.5. The van der Waals surface area contributed by atoms with Crippen molar-refractivity contribution in [2.75, 3.05) is 0 Å². The van der Waals surface area contributed by atoms with Gasteiger partial charge in [0.25, 0.3) is 0 Å². The fourth-order valence-corrected chi connectivity index (χ4v) is 8.66. The van der Waals surface area contributed by atoms with E-state index in [0.717, 1.165) is 72.5 Å². The molecule has 4 nitrogen and oxygen atoms in total. The van der Waals surface area contributed by atoms with Gasteiger partial charge in [0.2, 0.25) is 0 Å². The smallest absolute Gasteiger partial charge is 0.148 e. The van der Waals surface area contributed by atoms with Crippen molar-refractivity contribution in [2.45, 2.75) is 65.2 Å². The number of nitrogens with zero attached hydrogens (tertiary/aromatic N) is 3. The molecule has 0 saturated heterocycles. The van der Waals surface area contributed by atoms with E-state index in [9.17, 15) is 5.11 Å². The summed E-state index contributed by atoms with van der Waals surface area (Å²) in [4.78, 5) is 10.5. The Morgan fingerprint density at radius 1 is 0.540 bits per heavy atom. The van der Waals surface area contributed by atoms with Crippen molar-refractivity contribution >= 4 is 11.0 Å². The fourth-order valence-electron chi connectivity index (χ4n) is 8.66. The van der Waals surface area contributed by atoms with Gasteiger partial charge in [0.1, 0.15) is 11.6 Å². The van der Waals surface area contributed by atoms with Gasteiger partial charge in [-0.05, 0) is 86.0 Å². The third kappa shape index (κ3) is 8.58. The summed E-state index contributed by atoms with van der Waals surface area (Å²) >= 11 is 0. The molecular formula is C58H52N3OPt-. The van der Waals surface area contributed by atoms with E-state index in [1.54, 1.807) is 0 Å². The van der Waals surface area contributed by atoms with Gasteiger partial charge in [-0.3, -0.25) is 9.55 Å². The number of fused-ring (bicyclic) bond motifs is 1. The first-order valence-electron chi connectivity index (χ1n) is 21.5. The number of para-hydroxylation sites is 2. The molecule has 1 unspecified atom stereocenters. The van der Waals surface area contributed by atoms with Crippen molar-refractivity contribution in [2.24, 2.45) is 0 Å². The molecule has 1 N–H and O–H groups in total. The minimum absolute atomic E-state index is 0. The molecule has 2 heterocycles. The standard InChI is InChI=1S/C58H52N3O.Pt/c1-38(39-19-11-8-12-20-39)44-33-45(35-46(34-44)51-37-43(31-32-59-51)41-23-15-10-16-24-41)47-25-18-28-53-54(47)60-56(48-26-17-27-49(55(48)62)57(2,3)4)61(53)52-30-29-42(36-50(52)58(5,6)7)40-21-13-9-14-22-40;/h8-34,36-38,62H,1-7H3;/q-1;. The van der Waals surface area contributed by atoms with Gasteiger partial charge >= 0.3 is 0 Å². The molecule has 7 aromatic carbocycles. The van der Waals surface area contributed by atoms with Gasteiger partial charge in [-0.2, -0.15) is 0 Å². The van der Waals surface area contributed by atoms with Gasteiger partial charge in [-0.15, -0.1) is 29.3 Å². The number of pyridine rings is 1. The van der Waals surface area contributed by atoms with E-state index in [0.29, 0.717) is 11.4 Å². The Hall–Kier alpha value is -6.35. The van der Waals surface area contributed by atoms with E-state index in [1.807, 2.05) is 30.5 Å². The minimum Gasteiger partial charge on any atom is -0.507 e. The number of aromatic nitrogens is 3. The first-order chi connectivity index (χ1) is 29.8. The Bertz CT molecular complexity index is 3050. The Morgan fingerprint density at radius 2 is 1.13 bits per heavy atom. The number of benzene rings is 7. The van der Waals surface area contributed by atoms with Crippen LogP contribution in [0.15, 0.2) is 176 Å². The number of imidazole rings is 1. The largest absolute Gasteiger partial charge is 0.507 e. The van der Waals surface area contributed by atoms with E-state index in [2.05, 4.69) is 205 Å². The van der Waals surface area contributed by atoms with Crippen LogP contribution in [0, 0.1) is 6.07 Å². The van der Waals surface area contributed by atoms with Gasteiger partial charge in [0, 0.05) is 33.0 Å². The van der Waals surface area contributed by atoms with Crippen molar-refractivity contribution in [1.29, 1.82) is 0 Å². The maximum atomic E-state index is 12.2. The molecule has 5 heteroatoms. The van der Waals surface area contributed by atoms with Gasteiger partial charge in [-0.25, -0.2) is 4.98 Å². The Balaban J connectivity index is 0.00000544. The molecule has 0 amide bonds. The first kappa shape index (κ1) is 43.3. The van der Waals surface area contributed by atoms with Crippen LogP contribution in [0.1, 0.15) is 76.6 Å². The van der Waals surface area contributed by atoms with E-state index < -0.39 is 0 Å². The number of aromatic hydroxyl groups is 1. The monoisotopic (exact) mass is 1000 g/mol. The average molecular weight is 1000 g/mol. The molecule has 0 aliphatic rings. The second-order valence-corrected chi connectivity index (χ2v) is 18.4. The van der Waals surface area contributed by atoms with Crippen LogP contribution in [0.3, 0.4) is 0 Å². The minimum atomic E-state index is -0.289. The van der Waals surface area contributed by atoms with Crippen LogP contribution in [0.25, 0.3) is 72.7 Å². The molecule has 0 fully saturated rings. The SMILES string of the molecule is CC(c1ccccc1)c1cc(-c2cc(-c3ccccc3)ccn2)[c-]c(-c2cccc3c2nc(-c2cccc(C(C)(C)C)c2O)n3-c2ccc(-c3ccccc3)cc2C(C)(C)C)c1.[Pt]. The Kier molecular flexibility index (Phi) is 12.0. The summed E-state index contributed by atoms with van der Waals surface area (Å²) in [5.74, 6) is 1.02. The van der Waals surface area contributed by atoms with E-state index in [-0.39, 0.29) is 43.6 Å². The maximum absolute atomic E-state index is 12.2. The van der Waals surface area contributed by atoms with Crippen LogP contribution >= 0.6 is 0 Å². The molecule has 63 heavy (non-hydrogen) atoms. The van der Waals surface area contributed by atoms with Crippen molar-refractivity contribution < 1.29 is 26.2 Å². The van der Waals surface area contributed by atoms with Crippen LogP contribution < -0.4 is 0 Å². The number of phenols is 1. The molecular weight excluding hydrogens is 950 g/mol. The van der Waals surface area contributed by atoms with Crippen molar-refractivity contribution in [1.82, 2.24) is 14.5 Å². The number of hydrogen-bond acceptors (Lipinski definition) is 3. The molecule has 2 aromatic heterocycles. The van der Waals surface area contributed by atoms with Crippen LogP contribution in [0.5, 0.6) is 5.75 Å². The molecule has 0 saturated carbocycles. The zero-order valence-corrected chi connectivity index (χ0v) is 39.2. The molecule has 9 rings (SSSR count). The van der Waals surface area contributed by atoms with E-state index in [1.165, 1.54) is 11.1 Å². The molecule has 0 bridgehead atoms. The molecule has 0 aliphatic carbocycles. The van der Waals surface area contributed by atoms with Crippen LogP contribution in [0.2, 0.25) is 0 Å². The summed E-state index contributed by atoms with van der Waals surface area (Å²) in [6.07, 6.45) is 1.89. The van der Waals surface area contributed by atoms with Gasteiger partial charge in [0.15, 0.2) is 0 Å². The summed E-state index contributed by atoms with van der Waals surface area (Å²) in [5.41, 5.74) is 15.6. The van der Waals surface area contributed by atoms with E-state index >= 15 is 0 Å². The van der Waals surface area contributed by atoms with Gasteiger partial charge < -0.3 is 5.11 Å². The fraction of sp³-hybridized carbons (Fsp3) is 0.172. The average Bonchev–Trinajstić information content (AvgIpc) is 3.68. The van der Waals surface area contributed by atoms with Crippen LogP contribution in [-0.2, 0) is 31.9 Å². The quantitative estimate of drug-likeness (QED) is 0.154. The topological polar surface area (TPSA) is 50.9 Å². The predicted molar refractivity (Wildman–Crippen MR) is 258 cm³/mol. The number of hydrogen-bond donors (Lipinski definition) is 1. The van der Waals surface area contributed by atoms with Gasteiger partial charge in [-0.1, -0.05) is 187 Å². The molecule has 0 radical (unpaired) electrons. The normalized spacial score (nSPS) is 12.2. The third-order valence-corrected chi connectivity index (χ3v) is 12.0. The summed E-state index contributed by atoms with van der Waals surface area (Å²) in [6.45, 7) is 15.5. The summed E-state index contributed by atoms with van der Waals surface area (Å²) < 4.78 is 2.26. The summed E-state index contributed by atoms with van der Waals surface area (Å²) in [7, 11) is 0. The zero-order chi connectivity index (χ0) is 43.2. The van der Waals surface area contributed by atoms with Crippen LogP contribution in [-0.4, -0.2) is 19.6 Å². The van der Waals surface area contributed by atoms with Crippen molar-refractivity contribution in [3.63, 3.8) is 0 Å². The molecule has 9 aromatic rings. The van der Waals surface area contributed by atoms with Gasteiger partial charge in [0.05, 0.1) is 22.3 Å². The number of rotatable bonds is 8. The summed E-state index contributed by atoms with van der Waals surface area (Å²) in [5, 5.41) is 12.2. The molecule has 316 valence electrons. The second kappa shape index (κ2) is 17.4. The second-order valence-electron chi connectivity index (χ2n) is 18.4. The van der Waals surface area contributed by atoms with Crippen molar-refractivity contribution in [3.8, 4) is 67.5 Å². The van der Waals surface area contributed by atoms with E-state index in [4.69, 9.17) is 9.97 Å². The Morgan fingerprint density at radius 3 is 1.78 bits per heavy atom. The van der Waals surface area contributed by atoms with Crippen molar-refractivity contribution in [3.05, 3.63) is 204 Å². The maximum Gasteiger partial charge on any atom is 0.148 e. The number of phenolic OH excluding ortho intramolecular Hbond substituents is 1. The Labute approximate surface area is 386 Å². The predicted octanol–water partition coefficient (Wildman–Crippen LogP) is 15.0. The molecule has 0 aliphatic heterocycles. The summed E-state index contributed by atoms with van der Waals surface area (Å²) in [6, 6.07) is 63.4. The van der Waals surface area contributed by atoms with Crippen LogP contribution in [0.4, 0.5) is 0 Å². The molecule has 1 atom stereocenters. The third-order valence-electron chi connectivity index (χ3n) is 12.0.